The van der Waals surface area contributed by atoms with E-state index in [0.29, 0.717) is 18.7 Å². The fourth-order valence-corrected chi connectivity index (χ4v) is 4.10. The van der Waals surface area contributed by atoms with E-state index in [4.69, 9.17) is 4.74 Å². The Kier molecular flexibility index (Phi) is 5.04. The van der Waals surface area contributed by atoms with Crippen molar-refractivity contribution in [2.24, 2.45) is 0 Å². The van der Waals surface area contributed by atoms with Gasteiger partial charge in [0.2, 0.25) is 0 Å². The number of nitrogens with zero attached hydrogens (tertiary/aromatic N) is 4. The maximum Gasteiger partial charge on any atom is 0.254 e. The van der Waals surface area contributed by atoms with Crippen molar-refractivity contribution in [2.45, 2.75) is 0 Å². The molecule has 0 N–H and O–H groups in total. The molecule has 1 aliphatic heterocycles. The highest BCUT2D eigenvalue weighted by Gasteiger charge is 2.23. The molecule has 4 aromatic rings. The Hall–Kier alpha value is -3.80. The lowest BCUT2D eigenvalue weighted by atomic mass is 10.1. The van der Waals surface area contributed by atoms with Crippen molar-refractivity contribution >= 4 is 22.6 Å². The molecule has 0 radical (unpaired) electrons. The molecule has 0 aliphatic carbocycles. The van der Waals surface area contributed by atoms with E-state index in [-0.39, 0.29) is 5.91 Å². The van der Waals surface area contributed by atoms with Crippen molar-refractivity contribution < 1.29 is 9.53 Å². The molecule has 0 atom stereocenters. The predicted molar refractivity (Wildman–Crippen MR) is 122 cm³/mol. The molecular weight excluding hydrogens is 388 g/mol. The summed E-state index contributed by atoms with van der Waals surface area (Å²) in [6.45, 7) is 2.96. The number of anilines is 1. The summed E-state index contributed by atoms with van der Waals surface area (Å²) in [4.78, 5) is 21.9. The van der Waals surface area contributed by atoms with Crippen molar-refractivity contribution in [2.75, 3.05) is 38.2 Å². The van der Waals surface area contributed by atoms with Gasteiger partial charge >= 0.3 is 0 Å². The topological polar surface area (TPSA) is 50.6 Å². The van der Waals surface area contributed by atoms with Crippen LogP contribution in [-0.2, 0) is 0 Å². The Balaban J connectivity index is 1.30. The number of hydrogen-bond donors (Lipinski definition) is 0. The maximum absolute atomic E-state index is 13.1. The van der Waals surface area contributed by atoms with Crippen molar-refractivity contribution in [3.8, 4) is 11.4 Å². The maximum atomic E-state index is 13.1. The first kappa shape index (κ1) is 19.2. The number of carbonyl (C=O) groups is 1. The number of hydrogen-bond acceptors (Lipinski definition) is 4. The number of fused-ring (bicyclic) bond motifs is 1. The van der Waals surface area contributed by atoms with Gasteiger partial charge in [-0.25, -0.2) is 4.98 Å². The largest absolute Gasteiger partial charge is 0.497 e. The van der Waals surface area contributed by atoms with Crippen LogP contribution in [0.15, 0.2) is 79.1 Å². The fourth-order valence-electron chi connectivity index (χ4n) is 4.10. The van der Waals surface area contributed by atoms with Gasteiger partial charge in [0.05, 0.1) is 18.1 Å². The zero-order valence-electron chi connectivity index (χ0n) is 17.4. The molecule has 6 nitrogen and oxygen atoms in total. The molecule has 1 amide bonds. The lowest BCUT2D eigenvalue weighted by Crippen LogP contribution is -2.48. The highest BCUT2D eigenvalue weighted by Crippen LogP contribution is 2.24. The van der Waals surface area contributed by atoms with E-state index >= 15 is 0 Å². The average molecular weight is 412 g/mol. The van der Waals surface area contributed by atoms with Gasteiger partial charge in [-0.05, 0) is 42.5 Å². The summed E-state index contributed by atoms with van der Waals surface area (Å²) < 4.78 is 7.37. The number of aromatic nitrogens is 2. The van der Waals surface area contributed by atoms with Gasteiger partial charge in [0.1, 0.15) is 12.1 Å². The van der Waals surface area contributed by atoms with E-state index in [1.54, 1.807) is 13.4 Å². The first-order valence-corrected chi connectivity index (χ1v) is 10.4. The summed E-state index contributed by atoms with van der Waals surface area (Å²) in [7, 11) is 1.68. The lowest BCUT2D eigenvalue weighted by molar-refractivity contribution is 0.0747. The van der Waals surface area contributed by atoms with Crippen LogP contribution < -0.4 is 9.64 Å². The minimum Gasteiger partial charge on any atom is -0.497 e. The molecule has 1 aliphatic rings. The zero-order valence-corrected chi connectivity index (χ0v) is 17.4. The molecule has 3 aromatic carbocycles. The van der Waals surface area contributed by atoms with Gasteiger partial charge in [-0.2, -0.15) is 0 Å². The van der Waals surface area contributed by atoms with E-state index < -0.39 is 0 Å². The van der Waals surface area contributed by atoms with Crippen LogP contribution in [0.1, 0.15) is 10.4 Å². The van der Waals surface area contributed by atoms with Crippen LogP contribution in [0.4, 0.5) is 5.69 Å². The van der Waals surface area contributed by atoms with Crippen LogP contribution in [0.2, 0.25) is 0 Å². The number of carbonyl (C=O) groups excluding carboxylic acids is 1. The highest BCUT2D eigenvalue weighted by molar-refractivity contribution is 5.97. The van der Waals surface area contributed by atoms with Crippen molar-refractivity contribution in [3.63, 3.8) is 0 Å². The number of imidazole rings is 1. The Bertz CT molecular complexity index is 1210. The minimum atomic E-state index is 0.0569. The van der Waals surface area contributed by atoms with E-state index in [1.807, 2.05) is 76.2 Å². The van der Waals surface area contributed by atoms with Gasteiger partial charge < -0.3 is 14.5 Å². The molecule has 31 heavy (non-hydrogen) atoms. The summed E-state index contributed by atoms with van der Waals surface area (Å²) in [6.07, 6.45) is 1.81. The molecule has 0 bridgehead atoms. The second-order valence-electron chi connectivity index (χ2n) is 7.63. The smallest absolute Gasteiger partial charge is 0.254 e. The summed E-state index contributed by atoms with van der Waals surface area (Å²) in [5.74, 6) is 0.903. The third-order valence-electron chi connectivity index (χ3n) is 5.81. The standard InChI is InChI=1S/C25H24N4O2/c1-31-22-9-5-8-21(17-22)27-12-14-28(15-13-27)25(30)19-10-11-24-23(16-19)26-18-29(24)20-6-3-2-4-7-20/h2-11,16-18H,12-15H2,1H3. The van der Waals surface area contributed by atoms with E-state index in [1.165, 1.54) is 0 Å². The summed E-state index contributed by atoms with van der Waals surface area (Å²) in [5, 5.41) is 0. The van der Waals surface area contributed by atoms with E-state index in [2.05, 4.69) is 16.0 Å². The summed E-state index contributed by atoms with van der Waals surface area (Å²) >= 11 is 0. The second kappa shape index (κ2) is 8.14. The van der Waals surface area contributed by atoms with Crippen LogP contribution in [0.3, 0.4) is 0 Å². The normalized spacial score (nSPS) is 14.1. The van der Waals surface area contributed by atoms with E-state index in [9.17, 15) is 4.79 Å². The van der Waals surface area contributed by atoms with Gasteiger partial charge in [0.25, 0.3) is 5.91 Å². The van der Waals surface area contributed by atoms with E-state index in [0.717, 1.165) is 41.2 Å². The number of ether oxygens (including phenoxy) is 1. The molecule has 156 valence electrons. The SMILES string of the molecule is COc1cccc(N2CCN(C(=O)c3ccc4c(c3)ncn4-c3ccccc3)CC2)c1. The molecule has 2 heterocycles. The summed E-state index contributed by atoms with van der Waals surface area (Å²) in [6, 6.07) is 23.9. The lowest BCUT2D eigenvalue weighted by Gasteiger charge is -2.36. The number of piperazine rings is 1. The first-order chi connectivity index (χ1) is 15.2. The molecule has 5 rings (SSSR count). The quantitative estimate of drug-likeness (QED) is 0.509. The Morgan fingerprint density at radius 1 is 0.871 bits per heavy atom. The molecule has 1 fully saturated rings. The summed E-state index contributed by atoms with van der Waals surface area (Å²) in [5.41, 5.74) is 4.67. The highest BCUT2D eigenvalue weighted by atomic mass is 16.5. The van der Waals surface area contributed by atoms with Crippen LogP contribution in [0.25, 0.3) is 16.7 Å². The zero-order chi connectivity index (χ0) is 21.2. The minimum absolute atomic E-state index is 0.0569. The van der Waals surface area contributed by atoms with Crippen molar-refractivity contribution in [1.29, 1.82) is 0 Å². The molecule has 0 spiro atoms. The molecule has 0 unspecified atom stereocenters. The van der Waals surface area contributed by atoms with Crippen LogP contribution in [0, 0.1) is 0 Å². The van der Waals surface area contributed by atoms with Crippen LogP contribution >= 0.6 is 0 Å². The number of rotatable bonds is 4. The van der Waals surface area contributed by atoms with Gasteiger partial charge in [0.15, 0.2) is 0 Å². The Labute approximate surface area is 181 Å². The molecule has 1 aromatic heterocycles. The number of methoxy groups -OCH3 is 1. The fraction of sp³-hybridized carbons (Fsp3) is 0.200. The Morgan fingerprint density at radius 3 is 2.42 bits per heavy atom. The van der Waals surface area contributed by atoms with Gasteiger partial charge in [-0.1, -0.05) is 24.3 Å². The molecule has 1 saturated heterocycles. The first-order valence-electron chi connectivity index (χ1n) is 10.4. The molecule has 6 heteroatoms. The van der Waals surface area contributed by atoms with Gasteiger partial charge in [-0.3, -0.25) is 9.36 Å². The Morgan fingerprint density at radius 2 is 1.65 bits per heavy atom. The third kappa shape index (κ3) is 3.72. The predicted octanol–water partition coefficient (Wildman–Crippen LogP) is 4.00. The number of amides is 1. The number of para-hydroxylation sites is 1. The average Bonchev–Trinajstić information content (AvgIpc) is 3.27. The third-order valence-corrected chi connectivity index (χ3v) is 5.81. The van der Waals surface area contributed by atoms with Crippen LogP contribution in [0.5, 0.6) is 5.75 Å². The molecular formula is C25H24N4O2. The van der Waals surface area contributed by atoms with Crippen molar-refractivity contribution in [3.05, 3.63) is 84.7 Å². The van der Waals surface area contributed by atoms with Crippen LogP contribution in [-0.4, -0.2) is 53.6 Å². The number of benzene rings is 3. The van der Waals surface area contributed by atoms with Gasteiger partial charge in [0, 0.05) is 49.2 Å². The monoisotopic (exact) mass is 412 g/mol. The molecule has 0 saturated carbocycles. The van der Waals surface area contributed by atoms with Crippen molar-refractivity contribution in [1.82, 2.24) is 14.5 Å². The second-order valence-corrected chi connectivity index (χ2v) is 7.63. The van der Waals surface area contributed by atoms with Gasteiger partial charge in [-0.15, -0.1) is 0 Å².